The maximum absolute atomic E-state index is 12.5. The summed E-state index contributed by atoms with van der Waals surface area (Å²) < 4.78 is 11.4. The van der Waals surface area contributed by atoms with E-state index in [2.05, 4.69) is 22.8 Å². The fourth-order valence-electron chi connectivity index (χ4n) is 3.16. The van der Waals surface area contributed by atoms with Gasteiger partial charge in [-0.3, -0.25) is 4.79 Å². The Labute approximate surface area is 142 Å². The molecule has 0 saturated carbocycles. The molecule has 5 heteroatoms. The molecule has 2 aromatic rings. The SMILES string of the molecule is COC1(C(=O)NCCOc2cccc3ccccc23)CCNCC1. The summed E-state index contributed by atoms with van der Waals surface area (Å²) in [5.41, 5.74) is -0.704. The quantitative estimate of drug-likeness (QED) is 0.798. The Balaban J connectivity index is 1.54. The second-order valence-corrected chi connectivity index (χ2v) is 6.03. The van der Waals surface area contributed by atoms with Crippen molar-refractivity contribution in [2.24, 2.45) is 0 Å². The van der Waals surface area contributed by atoms with Gasteiger partial charge in [0.2, 0.25) is 0 Å². The molecule has 0 aromatic heterocycles. The van der Waals surface area contributed by atoms with Gasteiger partial charge in [0.1, 0.15) is 18.0 Å². The number of carbonyl (C=O) groups is 1. The zero-order chi connectivity index (χ0) is 16.8. The van der Waals surface area contributed by atoms with Crippen LogP contribution in [0.5, 0.6) is 5.75 Å². The van der Waals surface area contributed by atoms with Gasteiger partial charge in [0, 0.05) is 12.5 Å². The van der Waals surface area contributed by atoms with Crippen LogP contribution in [0.15, 0.2) is 42.5 Å². The number of methoxy groups -OCH3 is 1. The van der Waals surface area contributed by atoms with E-state index in [1.807, 2.05) is 30.3 Å². The average Bonchev–Trinajstić information content (AvgIpc) is 2.65. The van der Waals surface area contributed by atoms with Gasteiger partial charge in [0.15, 0.2) is 0 Å². The van der Waals surface area contributed by atoms with E-state index in [1.54, 1.807) is 7.11 Å². The number of rotatable bonds is 6. The van der Waals surface area contributed by atoms with E-state index in [0.717, 1.165) is 29.6 Å². The Morgan fingerprint density at radius 1 is 1.17 bits per heavy atom. The standard InChI is InChI=1S/C19H24N2O3/c1-23-19(9-11-20-12-10-19)18(22)21-13-14-24-17-8-4-6-15-5-2-3-7-16(15)17/h2-8,20H,9-14H2,1H3,(H,21,22). The Bertz CT molecular complexity index is 691. The monoisotopic (exact) mass is 328 g/mol. The Morgan fingerprint density at radius 2 is 1.92 bits per heavy atom. The van der Waals surface area contributed by atoms with Crippen molar-refractivity contribution < 1.29 is 14.3 Å². The van der Waals surface area contributed by atoms with Crippen LogP contribution in [0.4, 0.5) is 0 Å². The van der Waals surface area contributed by atoms with Gasteiger partial charge in [0.05, 0.1) is 6.54 Å². The number of hydrogen-bond acceptors (Lipinski definition) is 4. The zero-order valence-corrected chi connectivity index (χ0v) is 14.0. The van der Waals surface area contributed by atoms with Crippen LogP contribution >= 0.6 is 0 Å². The summed E-state index contributed by atoms with van der Waals surface area (Å²) in [6.07, 6.45) is 1.39. The molecule has 5 nitrogen and oxygen atoms in total. The maximum Gasteiger partial charge on any atom is 0.252 e. The molecular formula is C19H24N2O3. The van der Waals surface area contributed by atoms with Gasteiger partial charge in [-0.05, 0) is 37.4 Å². The Hall–Kier alpha value is -2.11. The van der Waals surface area contributed by atoms with Gasteiger partial charge in [-0.25, -0.2) is 0 Å². The second kappa shape index (κ2) is 7.64. The number of piperidine rings is 1. The van der Waals surface area contributed by atoms with E-state index in [-0.39, 0.29) is 5.91 Å². The molecule has 1 heterocycles. The summed E-state index contributed by atoms with van der Waals surface area (Å²) in [6.45, 7) is 2.49. The number of fused-ring (bicyclic) bond motifs is 1. The predicted octanol–water partition coefficient (Wildman–Crippen LogP) is 2.10. The van der Waals surface area contributed by atoms with Crippen LogP contribution in [-0.4, -0.2) is 44.9 Å². The van der Waals surface area contributed by atoms with E-state index in [4.69, 9.17) is 9.47 Å². The van der Waals surface area contributed by atoms with Crippen molar-refractivity contribution in [1.29, 1.82) is 0 Å². The van der Waals surface area contributed by atoms with Gasteiger partial charge in [-0.1, -0.05) is 36.4 Å². The van der Waals surface area contributed by atoms with Crippen molar-refractivity contribution in [2.45, 2.75) is 18.4 Å². The minimum absolute atomic E-state index is 0.0481. The Morgan fingerprint density at radius 3 is 2.71 bits per heavy atom. The first-order valence-electron chi connectivity index (χ1n) is 8.40. The molecule has 0 radical (unpaired) electrons. The number of hydrogen-bond donors (Lipinski definition) is 2. The molecule has 0 unspecified atom stereocenters. The van der Waals surface area contributed by atoms with Crippen molar-refractivity contribution in [1.82, 2.24) is 10.6 Å². The number of nitrogens with one attached hydrogen (secondary N) is 2. The summed E-state index contributed by atoms with van der Waals surface area (Å²) in [5.74, 6) is 0.790. The first-order chi connectivity index (χ1) is 11.7. The molecule has 0 spiro atoms. The Kier molecular flexibility index (Phi) is 5.33. The maximum atomic E-state index is 12.5. The number of ether oxygens (including phenoxy) is 2. The fourth-order valence-corrected chi connectivity index (χ4v) is 3.16. The molecule has 0 atom stereocenters. The van der Waals surface area contributed by atoms with Gasteiger partial charge >= 0.3 is 0 Å². The van der Waals surface area contributed by atoms with E-state index in [9.17, 15) is 4.79 Å². The molecule has 1 aliphatic heterocycles. The van der Waals surface area contributed by atoms with Gasteiger partial charge in [-0.15, -0.1) is 0 Å². The van der Waals surface area contributed by atoms with E-state index in [1.165, 1.54) is 0 Å². The second-order valence-electron chi connectivity index (χ2n) is 6.03. The lowest BCUT2D eigenvalue weighted by atomic mass is 9.91. The molecule has 2 N–H and O–H groups in total. The normalized spacial score (nSPS) is 16.7. The highest BCUT2D eigenvalue weighted by Gasteiger charge is 2.39. The van der Waals surface area contributed by atoms with Crippen LogP contribution < -0.4 is 15.4 Å². The fraction of sp³-hybridized carbons (Fsp3) is 0.421. The molecule has 128 valence electrons. The predicted molar refractivity (Wildman–Crippen MR) is 94.3 cm³/mol. The molecule has 0 bridgehead atoms. The van der Waals surface area contributed by atoms with Gasteiger partial charge < -0.3 is 20.1 Å². The van der Waals surface area contributed by atoms with Crippen LogP contribution in [0.3, 0.4) is 0 Å². The lowest BCUT2D eigenvalue weighted by Gasteiger charge is -2.34. The summed E-state index contributed by atoms with van der Waals surface area (Å²) in [4.78, 5) is 12.5. The third-order valence-corrected chi connectivity index (χ3v) is 4.61. The van der Waals surface area contributed by atoms with Crippen molar-refractivity contribution in [3.05, 3.63) is 42.5 Å². The number of amides is 1. The molecule has 1 amide bonds. The lowest BCUT2D eigenvalue weighted by molar-refractivity contribution is -0.146. The topological polar surface area (TPSA) is 59.6 Å². The largest absolute Gasteiger partial charge is 0.491 e. The highest BCUT2D eigenvalue weighted by atomic mass is 16.5. The van der Waals surface area contributed by atoms with Crippen LogP contribution in [0.1, 0.15) is 12.8 Å². The molecule has 1 fully saturated rings. The summed E-state index contributed by atoms with van der Waals surface area (Å²) in [6, 6.07) is 14.1. The van der Waals surface area contributed by atoms with Crippen molar-refractivity contribution in [3.8, 4) is 5.75 Å². The van der Waals surface area contributed by atoms with Crippen molar-refractivity contribution in [3.63, 3.8) is 0 Å². The molecule has 1 saturated heterocycles. The minimum atomic E-state index is -0.704. The van der Waals surface area contributed by atoms with Crippen LogP contribution in [0.25, 0.3) is 10.8 Å². The third kappa shape index (κ3) is 3.52. The first kappa shape index (κ1) is 16.7. The van der Waals surface area contributed by atoms with E-state index >= 15 is 0 Å². The van der Waals surface area contributed by atoms with E-state index in [0.29, 0.717) is 26.0 Å². The minimum Gasteiger partial charge on any atom is -0.491 e. The van der Waals surface area contributed by atoms with Crippen molar-refractivity contribution >= 4 is 16.7 Å². The van der Waals surface area contributed by atoms with Crippen LogP contribution in [0.2, 0.25) is 0 Å². The van der Waals surface area contributed by atoms with Gasteiger partial charge in [-0.2, -0.15) is 0 Å². The molecule has 3 rings (SSSR count). The number of benzene rings is 2. The average molecular weight is 328 g/mol. The first-order valence-corrected chi connectivity index (χ1v) is 8.40. The molecule has 0 aliphatic carbocycles. The number of carbonyl (C=O) groups excluding carboxylic acids is 1. The third-order valence-electron chi connectivity index (χ3n) is 4.61. The smallest absolute Gasteiger partial charge is 0.252 e. The van der Waals surface area contributed by atoms with Crippen LogP contribution in [-0.2, 0) is 9.53 Å². The summed E-state index contributed by atoms with van der Waals surface area (Å²) in [7, 11) is 1.61. The van der Waals surface area contributed by atoms with Crippen molar-refractivity contribution in [2.75, 3.05) is 33.4 Å². The van der Waals surface area contributed by atoms with E-state index < -0.39 is 5.60 Å². The zero-order valence-electron chi connectivity index (χ0n) is 14.0. The summed E-state index contributed by atoms with van der Waals surface area (Å²) >= 11 is 0. The molecule has 1 aliphatic rings. The highest BCUT2D eigenvalue weighted by molar-refractivity contribution is 5.88. The lowest BCUT2D eigenvalue weighted by Crippen LogP contribution is -2.54. The molecule has 24 heavy (non-hydrogen) atoms. The van der Waals surface area contributed by atoms with Crippen LogP contribution in [0, 0.1) is 0 Å². The summed E-state index contributed by atoms with van der Waals surface area (Å²) in [5, 5.41) is 8.42. The van der Waals surface area contributed by atoms with Gasteiger partial charge in [0.25, 0.3) is 5.91 Å². The molecule has 2 aromatic carbocycles. The molecular weight excluding hydrogens is 304 g/mol. The highest BCUT2D eigenvalue weighted by Crippen LogP contribution is 2.25.